The molecule has 1 amide bonds. The Morgan fingerprint density at radius 1 is 1.30 bits per heavy atom. The van der Waals surface area contributed by atoms with Crippen molar-refractivity contribution in [3.8, 4) is 0 Å². The maximum absolute atomic E-state index is 12.4. The van der Waals surface area contributed by atoms with E-state index in [9.17, 15) is 9.59 Å². The number of hydrogen-bond acceptors (Lipinski definition) is 2. The van der Waals surface area contributed by atoms with Gasteiger partial charge in [-0.1, -0.05) is 20.8 Å². The molecule has 4 nitrogen and oxygen atoms in total. The minimum absolute atomic E-state index is 0.0536. The zero-order valence-electron chi connectivity index (χ0n) is 13.5. The third kappa shape index (κ3) is 5.51. The molecule has 0 saturated heterocycles. The summed E-state index contributed by atoms with van der Waals surface area (Å²) in [5.41, 5.74) is -0.245. The number of carboxylic acids is 1. The number of carbonyl (C=O) groups excluding carboxylic acids is 1. The van der Waals surface area contributed by atoms with Gasteiger partial charge < -0.3 is 10.4 Å². The molecule has 0 aromatic rings. The van der Waals surface area contributed by atoms with Crippen LogP contribution in [0.5, 0.6) is 0 Å². The second-order valence-electron chi connectivity index (χ2n) is 7.88. The summed E-state index contributed by atoms with van der Waals surface area (Å²) in [5, 5.41) is 11.8. The minimum Gasteiger partial charge on any atom is -0.481 e. The Hall–Kier alpha value is -1.06. The fraction of sp³-hybridized carbons (Fsp3) is 0.875. The van der Waals surface area contributed by atoms with E-state index in [4.69, 9.17) is 5.11 Å². The van der Waals surface area contributed by atoms with Crippen LogP contribution in [0.25, 0.3) is 0 Å². The third-order valence-corrected chi connectivity index (χ3v) is 4.18. The predicted octanol–water partition coefficient (Wildman–Crippen LogP) is 3.21. The summed E-state index contributed by atoms with van der Waals surface area (Å²) in [7, 11) is 0. The molecule has 0 heterocycles. The summed E-state index contributed by atoms with van der Waals surface area (Å²) < 4.78 is 0. The van der Waals surface area contributed by atoms with E-state index in [1.165, 1.54) is 6.42 Å². The van der Waals surface area contributed by atoms with Gasteiger partial charge in [0.25, 0.3) is 0 Å². The van der Waals surface area contributed by atoms with Crippen LogP contribution in [0, 0.1) is 17.3 Å². The fourth-order valence-corrected chi connectivity index (χ4v) is 3.46. The predicted molar refractivity (Wildman–Crippen MR) is 79.4 cm³/mol. The van der Waals surface area contributed by atoms with Crippen LogP contribution in [0.3, 0.4) is 0 Å². The van der Waals surface area contributed by atoms with E-state index in [-0.39, 0.29) is 23.7 Å². The first kappa shape index (κ1) is 17.0. The van der Waals surface area contributed by atoms with Gasteiger partial charge in [-0.15, -0.1) is 0 Å². The second kappa shape index (κ2) is 6.15. The smallest absolute Gasteiger partial charge is 0.303 e. The van der Waals surface area contributed by atoms with Gasteiger partial charge in [-0.2, -0.15) is 0 Å². The quantitative estimate of drug-likeness (QED) is 0.814. The van der Waals surface area contributed by atoms with Crippen LogP contribution in [0.2, 0.25) is 0 Å². The lowest BCUT2D eigenvalue weighted by atomic mass is 9.67. The Labute approximate surface area is 122 Å². The number of rotatable bonds is 5. The number of amides is 1. The summed E-state index contributed by atoms with van der Waals surface area (Å²) in [5.74, 6) is -0.116. The Morgan fingerprint density at radius 2 is 1.90 bits per heavy atom. The molecule has 0 aliphatic heterocycles. The highest BCUT2D eigenvalue weighted by Crippen LogP contribution is 2.41. The lowest BCUT2D eigenvalue weighted by Crippen LogP contribution is -2.48. The van der Waals surface area contributed by atoms with Crippen molar-refractivity contribution in [1.29, 1.82) is 0 Å². The average Bonchev–Trinajstić information content (AvgIpc) is 2.23. The third-order valence-electron chi connectivity index (χ3n) is 4.18. The maximum atomic E-state index is 12.4. The Bertz CT molecular complexity index is 374. The van der Waals surface area contributed by atoms with E-state index >= 15 is 0 Å². The zero-order chi connectivity index (χ0) is 15.6. The molecule has 4 heteroatoms. The van der Waals surface area contributed by atoms with E-state index in [2.05, 4.69) is 26.1 Å². The Morgan fingerprint density at radius 3 is 2.40 bits per heavy atom. The zero-order valence-corrected chi connectivity index (χ0v) is 13.5. The highest BCUT2D eigenvalue weighted by Gasteiger charge is 2.36. The Balaban J connectivity index is 2.59. The van der Waals surface area contributed by atoms with Crippen molar-refractivity contribution in [2.24, 2.45) is 17.3 Å². The van der Waals surface area contributed by atoms with E-state index in [0.29, 0.717) is 12.3 Å². The summed E-state index contributed by atoms with van der Waals surface area (Å²) in [6.07, 6.45) is 3.56. The van der Waals surface area contributed by atoms with Crippen LogP contribution >= 0.6 is 0 Å². The monoisotopic (exact) mass is 283 g/mol. The summed E-state index contributed by atoms with van der Waals surface area (Å²) in [4.78, 5) is 23.1. The van der Waals surface area contributed by atoms with Crippen LogP contribution in [0.15, 0.2) is 0 Å². The molecular weight excluding hydrogens is 254 g/mol. The van der Waals surface area contributed by atoms with Gasteiger partial charge in [-0.3, -0.25) is 9.59 Å². The van der Waals surface area contributed by atoms with Crippen LogP contribution in [0.4, 0.5) is 0 Å². The van der Waals surface area contributed by atoms with E-state index in [1.54, 1.807) is 0 Å². The van der Waals surface area contributed by atoms with Crippen molar-refractivity contribution in [3.63, 3.8) is 0 Å². The van der Waals surface area contributed by atoms with E-state index in [0.717, 1.165) is 12.8 Å². The van der Waals surface area contributed by atoms with Gasteiger partial charge in [0.15, 0.2) is 0 Å². The number of nitrogens with one attached hydrogen (secondary N) is 1. The van der Waals surface area contributed by atoms with Crippen LogP contribution < -0.4 is 5.32 Å². The summed E-state index contributed by atoms with van der Waals surface area (Å²) in [6.45, 7) is 10.4. The minimum atomic E-state index is -0.820. The summed E-state index contributed by atoms with van der Waals surface area (Å²) in [6, 6.07) is 0. The molecule has 1 aliphatic carbocycles. The van der Waals surface area contributed by atoms with Crippen molar-refractivity contribution in [2.75, 3.05) is 0 Å². The lowest BCUT2D eigenvalue weighted by molar-refractivity contribution is -0.138. The normalized spacial score (nSPS) is 26.1. The van der Waals surface area contributed by atoms with Gasteiger partial charge in [0.2, 0.25) is 5.91 Å². The number of aliphatic carboxylic acids is 1. The van der Waals surface area contributed by atoms with Crippen molar-refractivity contribution in [2.45, 2.75) is 72.3 Å². The first-order valence-corrected chi connectivity index (χ1v) is 7.55. The lowest BCUT2D eigenvalue weighted by Gasteiger charge is -2.39. The molecule has 1 aliphatic rings. The van der Waals surface area contributed by atoms with Gasteiger partial charge in [0.1, 0.15) is 0 Å². The maximum Gasteiger partial charge on any atom is 0.303 e. The van der Waals surface area contributed by atoms with Crippen LogP contribution in [0.1, 0.15) is 66.7 Å². The molecule has 0 radical (unpaired) electrons. The van der Waals surface area contributed by atoms with Crippen LogP contribution in [-0.2, 0) is 9.59 Å². The van der Waals surface area contributed by atoms with Crippen molar-refractivity contribution in [3.05, 3.63) is 0 Å². The van der Waals surface area contributed by atoms with Gasteiger partial charge >= 0.3 is 5.97 Å². The fourth-order valence-electron chi connectivity index (χ4n) is 3.46. The highest BCUT2D eigenvalue weighted by atomic mass is 16.4. The van der Waals surface area contributed by atoms with Gasteiger partial charge in [-0.05, 0) is 50.9 Å². The molecule has 20 heavy (non-hydrogen) atoms. The molecule has 1 fully saturated rings. The number of carbonyl (C=O) groups is 2. The van der Waals surface area contributed by atoms with Crippen molar-refractivity contribution >= 4 is 11.9 Å². The van der Waals surface area contributed by atoms with Gasteiger partial charge in [0, 0.05) is 17.9 Å². The molecule has 0 aromatic heterocycles. The molecule has 1 rings (SSSR count). The number of carboxylic acid groups (broad SMARTS) is 1. The van der Waals surface area contributed by atoms with Crippen molar-refractivity contribution in [1.82, 2.24) is 5.32 Å². The van der Waals surface area contributed by atoms with E-state index < -0.39 is 11.5 Å². The molecule has 0 aromatic carbocycles. The topological polar surface area (TPSA) is 66.4 Å². The summed E-state index contributed by atoms with van der Waals surface area (Å²) >= 11 is 0. The SMILES string of the molecule is CC1CC(C(=O)NC(C)(C)CCC(=O)O)CC(C)(C)C1. The van der Waals surface area contributed by atoms with Crippen LogP contribution in [-0.4, -0.2) is 22.5 Å². The molecule has 0 bridgehead atoms. The standard InChI is InChI=1S/C16H29NO3/c1-11-8-12(10-15(2,3)9-11)14(20)17-16(4,5)7-6-13(18)19/h11-12H,6-10H2,1-5H3,(H,17,20)(H,18,19). The largest absolute Gasteiger partial charge is 0.481 e. The Kier molecular flexibility index (Phi) is 5.22. The van der Waals surface area contributed by atoms with Gasteiger partial charge in [0.05, 0.1) is 0 Å². The number of hydrogen-bond donors (Lipinski definition) is 2. The molecule has 116 valence electrons. The molecular formula is C16H29NO3. The second-order valence-corrected chi connectivity index (χ2v) is 7.88. The van der Waals surface area contributed by atoms with E-state index in [1.807, 2.05) is 13.8 Å². The average molecular weight is 283 g/mol. The highest BCUT2D eigenvalue weighted by molar-refractivity contribution is 5.79. The molecule has 2 unspecified atom stereocenters. The van der Waals surface area contributed by atoms with Crippen molar-refractivity contribution < 1.29 is 14.7 Å². The first-order valence-electron chi connectivity index (χ1n) is 7.55. The molecule has 2 atom stereocenters. The van der Waals surface area contributed by atoms with Gasteiger partial charge in [-0.25, -0.2) is 0 Å². The molecule has 2 N–H and O–H groups in total. The first-order chi connectivity index (χ1) is 9.01. The molecule has 0 spiro atoms. The molecule has 1 saturated carbocycles.